The maximum Gasteiger partial charge on any atom is 0.202 e. The number of quaternary nitrogens is 1. The average molecular weight is 388 g/mol. The molecule has 7 heteroatoms. The first-order valence-electron chi connectivity index (χ1n) is 8.84. The number of hydrogen-bond donors (Lipinski definition) is 1. The van der Waals surface area contributed by atoms with Crippen molar-refractivity contribution in [1.29, 1.82) is 0 Å². The van der Waals surface area contributed by atoms with Gasteiger partial charge in [-0.3, -0.25) is 0 Å². The number of rotatable bonds is 5. The topological polar surface area (TPSA) is 36.4 Å². The molecule has 1 aromatic carbocycles. The van der Waals surface area contributed by atoms with Gasteiger partial charge in [0.1, 0.15) is 11.8 Å². The molecule has 0 bridgehead atoms. The van der Waals surface area contributed by atoms with E-state index in [0.29, 0.717) is 6.04 Å². The first-order chi connectivity index (χ1) is 12.7. The van der Waals surface area contributed by atoms with Crippen molar-refractivity contribution < 1.29 is 9.64 Å². The van der Waals surface area contributed by atoms with E-state index in [9.17, 15) is 0 Å². The Bertz CT molecular complexity index is 945. The second-order valence-electron chi connectivity index (χ2n) is 6.64. The number of methoxy groups -OCH3 is 1. The highest BCUT2D eigenvalue weighted by Gasteiger charge is 2.31. The number of nitrogens with zero attached hydrogens (tertiary/aromatic N) is 3. The summed E-state index contributed by atoms with van der Waals surface area (Å²) >= 11 is 7.53. The van der Waals surface area contributed by atoms with Crippen molar-refractivity contribution in [2.75, 3.05) is 13.7 Å². The highest BCUT2D eigenvalue weighted by atomic mass is 32.1. The fraction of sp³-hybridized carbons (Fsp3) is 0.368. The van der Waals surface area contributed by atoms with Crippen LogP contribution >= 0.6 is 23.6 Å². The monoisotopic (exact) mass is 387 g/mol. The quantitative estimate of drug-likeness (QED) is 0.684. The van der Waals surface area contributed by atoms with Gasteiger partial charge in [0.15, 0.2) is 12.5 Å². The second-order valence-corrected chi connectivity index (χ2v) is 7.99. The third-order valence-electron chi connectivity index (χ3n) is 5.11. The highest BCUT2D eigenvalue weighted by molar-refractivity contribution is 7.71. The van der Waals surface area contributed by atoms with E-state index in [-0.39, 0.29) is 0 Å². The van der Waals surface area contributed by atoms with Crippen molar-refractivity contribution >= 4 is 23.6 Å². The van der Waals surface area contributed by atoms with Gasteiger partial charge in [-0.05, 0) is 35.8 Å². The highest BCUT2D eigenvalue weighted by Crippen LogP contribution is 2.28. The van der Waals surface area contributed by atoms with Crippen LogP contribution in [0.1, 0.15) is 23.8 Å². The van der Waals surface area contributed by atoms with Gasteiger partial charge >= 0.3 is 0 Å². The Balaban J connectivity index is 1.65. The third kappa shape index (κ3) is 3.11. The van der Waals surface area contributed by atoms with Crippen LogP contribution in [0.25, 0.3) is 11.4 Å². The number of benzene rings is 1. The lowest BCUT2D eigenvalue weighted by Crippen LogP contribution is -3.09. The lowest BCUT2D eigenvalue weighted by molar-refractivity contribution is -0.941. The lowest BCUT2D eigenvalue weighted by atomic mass is 10.2. The maximum atomic E-state index is 5.68. The first kappa shape index (κ1) is 17.5. The Morgan fingerprint density at radius 3 is 2.92 bits per heavy atom. The van der Waals surface area contributed by atoms with E-state index in [1.54, 1.807) is 7.11 Å². The summed E-state index contributed by atoms with van der Waals surface area (Å²) in [7, 11) is 3.66. The summed E-state index contributed by atoms with van der Waals surface area (Å²) in [6.07, 6.45) is 2.48. The molecule has 1 saturated heterocycles. The summed E-state index contributed by atoms with van der Waals surface area (Å²) < 4.78 is 10.2. The minimum absolute atomic E-state index is 0.550. The predicted octanol–water partition coefficient (Wildman–Crippen LogP) is 3.07. The van der Waals surface area contributed by atoms with Crippen LogP contribution in [0.4, 0.5) is 0 Å². The standard InChI is InChI=1S/C19H22N4OS2/c1-21-18(14-7-3-4-9-16(14)24-2)20-23(19(21)25)13-22-11-5-8-15(22)17-10-6-12-26-17/h3-4,6-7,9-10,12,15H,5,8,11,13H2,1-2H3/p+1/t15-/m1/s1. The maximum absolute atomic E-state index is 5.68. The molecule has 0 spiro atoms. The Labute approximate surface area is 162 Å². The number of hydrogen-bond acceptors (Lipinski definition) is 4. The van der Waals surface area contributed by atoms with Crippen LogP contribution < -0.4 is 9.64 Å². The summed E-state index contributed by atoms with van der Waals surface area (Å²) in [5, 5.41) is 7.01. The molecule has 1 N–H and O–H groups in total. The fourth-order valence-corrected chi connectivity index (χ4v) is 4.89. The van der Waals surface area contributed by atoms with E-state index in [1.165, 1.54) is 22.6 Å². The number of para-hydroxylation sites is 1. The molecule has 0 amide bonds. The van der Waals surface area contributed by atoms with Crippen molar-refractivity contribution in [3.05, 3.63) is 51.4 Å². The zero-order valence-corrected chi connectivity index (χ0v) is 16.6. The number of nitrogens with one attached hydrogen (secondary N) is 1. The SMILES string of the molecule is COc1ccccc1-c1nn(C[NH+]2CCC[C@@H]2c2cccs2)c(=S)n1C. The molecule has 3 heterocycles. The number of ether oxygens (including phenoxy) is 1. The van der Waals surface area contributed by atoms with Gasteiger partial charge in [0, 0.05) is 19.9 Å². The predicted molar refractivity (Wildman–Crippen MR) is 106 cm³/mol. The van der Waals surface area contributed by atoms with Crippen molar-refractivity contribution in [3.8, 4) is 17.1 Å². The first-order valence-corrected chi connectivity index (χ1v) is 10.1. The van der Waals surface area contributed by atoms with Gasteiger partial charge < -0.3 is 14.2 Å². The Morgan fingerprint density at radius 2 is 2.15 bits per heavy atom. The van der Waals surface area contributed by atoms with E-state index >= 15 is 0 Å². The zero-order valence-electron chi connectivity index (χ0n) is 15.0. The van der Waals surface area contributed by atoms with Crippen LogP contribution in [0.2, 0.25) is 0 Å². The van der Waals surface area contributed by atoms with E-state index in [1.807, 2.05) is 51.9 Å². The molecular formula is C19H23N4OS2+. The minimum Gasteiger partial charge on any atom is -0.496 e. The summed E-state index contributed by atoms with van der Waals surface area (Å²) in [5.41, 5.74) is 0.966. The van der Waals surface area contributed by atoms with Crippen molar-refractivity contribution in [1.82, 2.24) is 14.3 Å². The molecule has 2 atom stereocenters. The molecule has 0 saturated carbocycles. The largest absolute Gasteiger partial charge is 0.496 e. The van der Waals surface area contributed by atoms with Gasteiger partial charge in [-0.25, -0.2) is 0 Å². The second kappa shape index (κ2) is 7.34. The molecule has 2 aromatic heterocycles. The van der Waals surface area contributed by atoms with Crippen LogP contribution in [-0.4, -0.2) is 28.0 Å². The van der Waals surface area contributed by atoms with E-state index in [4.69, 9.17) is 22.1 Å². The summed E-state index contributed by atoms with van der Waals surface area (Å²) in [6.45, 7) is 1.95. The van der Waals surface area contributed by atoms with Crippen LogP contribution in [0, 0.1) is 4.77 Å². The Morgan fingerprint density at radius 1 is 1.31 bits per heavy atom. The Kier molecular flexibility index (Phi) is 4.93. The summed E-state index contributed by atoms with van der Waals surface area (Å²) in [6, 6.07) is 12.9. The summed E-state index contributed by atoms with van der Waals surface area (Å²) in [4.78, 5) is 3.00. The van der Waals surface area contributed by atoms with Gasteiger partial charge in [-0.2, -0.15) is 4.68 Å². The van der Waals surface area contributed by atoms with Crippen molar-refractivity contribution in [2.45, 2.75) is 25.6 Å². The third-order valence-corrected chi connectivity index (χ3v) is 6.58. The molecule has 0 radical (unpaired) electrons. The molecule has 26 heavy (non-hydrogen) atoms. The molecule has 1 unspecified atom stereocenters. The van der Waals surface area contributed by atoms with E-state index in [0.717, 1.165) is 35.1 Å². The molecule has 1 fully saturated rings. The van der Waals surface area contributed by atoms with Gasteiger partial charge in [0.05, 0.1) is 24.1 Å². The zero-order chi connectivity index (χ0) is 18.1. The van der Waals surface area contributed by atoms with Crippen molar-refractivity contribution in [2.24, 2.45) is 7.05 Å². The number of aromatic nitrogens is 3. The summed E-state index contributed by atoms with van der Waals surface area (Å²) in [5.74, 6) is 1.66. The van der Waals surface area contributed by atoms with Gasteiger partial charge in [0.25, 0.3) is 0 Å². The lowest BCUT2D eigenvalue weighted by Gasteiger charge is -2.20. The number of thiophene rings is 1. The minimum atomic E-state index is 0.550. The van der Waals surface area contributed by atoms with Gasteiger partial charge in [-0.1, -0.05) is 18.2 Å². The molecule has 0 aliphatic carbocycles. The van der Waals surface area contributed by atoms with E-state index in [2.05, 4.69) is 17.5 Å². The van der Waals surface area contributed by atoms with Gasteiger partial charge in [0.2, 0.25) is 4.77 Å². The molecule has 136 valence electrons. The molecule has 3 aromatic rings. The average Bonchev–Trinajstić information content (AvgIpc) is 3.39. The normalized spacial score (nSPS) is 19.8. The molecule has 5 nitrogen and oxygen atoms in total. The molecule has 1 aliphatic rings. The molecular weight excluding hydrogens is 364 g/mol. The van der Waals surface area contributed by atoms with E-state index < -0.39 is 0 Å². The fourth-order valence-electron chi connectivity index (χ4n) is 3.78. The number of likely N-dealkylation sites (tertiary alicyclic amines) is 1. The van der Waals surface area contributed by atoms with Crippen LogP contribution in [0.5, 0.6) is 5.75 Å². The molecule has 4 rings (SSSR count). The van der Waals surface area contributed by atoms with Crippen LogP contribution in [0.15, 0.2) is 41.8 Å². The van der Waals surface area contributed by atoms with Crippen molar-refractivity contribution in [3.63, 3.8) is 0 Å². The van der Waals surface area contributed by atoms with Crippen LogP contribution in [-0.2, 0) is 13.7 Å². The smallest absolute Gasteiger partial charge is 0.202 e. The Hall–Kier alpha value is -1.96. The van der Waals surface area contributed by atoms with Crippen LogP contribution in [0.3, 0.4) is 0 Å². The van der Waals surface area contributed by atoms with Gasteiger partial charge in [-0.15, -0.1) is 16.4 Å². The molecule has 1 aliphatic heterocycles.